The third-order valence-corrected chi connectivity index (χ3v) is 1.54. The van der Waals surface area contributed by atoms with Crippen molar-refractivity contribution in [3.8, 4) is 6.07 Å². The van der Waals surface area contributed by atoms with Gasteiger partial charge in [-0.05, 0) is 6.07 Å². The second-order valence-corrected chi connectivity index (χ2v) is 2.70. The van der Waals surface area contributed by atoms with Crippen molar-refractivity contribution in [2.24, 2.45) is 0 Å². The summed E-state index contributed by atoms with van der Waals surface area (Å²) in [5.74, 6) is 0.0734. The Morgan fingerprint density at radius 2 is 2.20 bits per heavy atom. The zero-order valence-corrected chi connectivity index (χ0v) is 7.54. The zero-order chi connectivity index (χ0) is 11.3. The minimum absolute atomic E-state index is 0.0734. The molecular formula is C8H7F3N4. The molecule has 0 aromatic carbocycles. The van der Waals surface area contributed by atoms with Crippen molar-refractivity contribution in [1.82, 2.24) is 10.2 Å². The molecule has 1 N–H and O–H groups in total. The number of halogens is 3. The molecule has 0 saturated heterocycles. The largest absolute Gasteiger partial charge is 0.390 e. The first-order valence-electron chi connectivity index (χ1n) is 4.05. The van der Waals surface area contributed by atoms with Crippen LogP contribution in [0.5, 0.6) is 0 Å². The van der Waals surface area contributed by atoms with Gasteiger partial charge in [0, 0.05) is 6.54 Å². The number of aromatic nitrogens is 2. The van der Waals surface area contributed by atoms with Gasteiger partial charge in [0.25, 0.3) is 0 Å². The minimum atomic E-state index is -4.22. The van der Waals surface area contributed by atoms with Crippen LogP contribution in [0.1, 0.15) is 12.0 Å². The van der Waals surface area contributed by atoms with Gasteiger partial charge in [-0.3, -0.25) is 0 Å². The van der Waals surface area contributed by atoms with Crippen LogP contribution >= 0.6 is 0 Å². The molecule has 0 atom stereocenters. The van der Waals surface area contributed by atoms with Crippen LogP contribution in [0.2, 0.25) is 0 Å². The highest BCUT2D eigenvalue weighted by molar-refractivity contribution is 5.49. The second kappa shape index (κ2) is 4.59. The van der Waals surface area contributed by atoms with Gasteiger partial charge in [0.15, 0.2) is 5.82 Å². The smallest absolute Gasteiger partial charge is 0.367 e. The highest BCUT2D eigenvalue weighted by Gasteiger charge is 2.26. The first-order chi connectivity index (χ1) is 7.03. The van der Waals surface area contributed by atoms with E-state index in [0.29, 0.717) is 0 Å². The maximum absolute atomic E-state index is 11.8. The number of nitrogens with one attached hydrogen (secondary N) is 1. The fourth-order valence-electron chi connectivity index (χ4n) is 0.875. The van der Waals surface area contributed by atoms with Crippen molar-refractivity contribution in [1.29, 1.82) is 5.26 Å². The molecule has 1 rings (SSSR count). The fraction of sp³-hybridized carbons (Fsp3) is 0.375. The molecular weight excluding hydrogens is 209 g/mol. The van der Waals surface area contributed by atoms with E-state index in [-0.39, 0.29) is 17.9 Å². The number of hydrogen-bond acceptors (Lipinski definition) is 4. The van der Waals surface area contributed by atoms with Crippen molar-refractivity contribution < 1.29 is 13.2 Å². The molecule has 0 amide bonds. The number of nitriles is 1. The molecule has 0 spiro atoms. The van der Waals surface area contributed by atoms with Crippen LogP contribution in [0, 0.1) is 11.3 Å². The number of alkyl halides is 3. The van der Waals surface area contributed by atoms with E-state index >= 15 is 0 Å². The molecule has 0 radical (unpaired) electrons. The second-order valence-electron chi connectivity index (χ2n) is 2.70. The Labute approximate surface area is 83.7 Å². The third kappa shape index (κ3) is 3.81. The maximum Gasteiger partial charge on any atom is 0.390 e. The van der Waals surface area contributed by atoms with Crippen molar-refractivity contribution in [3.05, 3.63) is 17.8 Å². The normalized spacial score (nSPS) is 10.8. The summed E-state index contributed by atoms with van der Waals surface area (Å²) in [6.45, 7) is -0.323. The van der Waals surface area contributed by atoms with E-state index in [4.69, 9.17) is 5.26 Å². The van der Waals surface area contributed by atoms with Crippen LogP contribution in [0.15, 0.2) is 12.3 Å². The van der Waals surface area contributed by atoms with E-state index in [1.54, 1.807) is 6.07 Å². The van der Waals surface area contributed by atoms with E-state index in [9.17, 15) is 13.2 Å². The molecule has 0 aliphatic carbocycles. The lowest BCUT2D eigenvalue weighted by Crippen LogP contribution is -2.15. The molecule has 0 bridgehead atoms. The predicted molar refractivity (Wildman–Crippen MR) is 45.9 cm³/mol. The van der Waals surface area contributed by atoms with Crippen LogP contribution in [0.25, 0.3) is 0 Å². The van der Waals surface area contributed by atoms with E-state index in [1.807, 2.05) is 0 Å². The summed E-state index contributed by atoms with van der Waals surface area (Å²) in [5, 5.41) is 18.0. The highest BCUT2D eigenvalue weighted by Crippen LogP contribution is 2.19. The van der Waals surface area contributed by atoms with Crippen LogP contribution < -0.4 is 5.32 Å². The van der Waals surface area contributed by atoms with Gasteiger partial charge >= 0.3 is 6.18 Å². The van der Waals surface area contributed by atoms with Crippen molar-refractivity contribution in [2.75, 3.05) is 11.9 Å². The van der Waals surface area contributed by atoms with Gasteiger partial charge in [-0.1, -0.05) is 0 Å². The molecule has 1 heterocycles. The lowest BCUT2D eigenvalue weighted by molar-refractivity contribution is -0.131. The monoisotopic (exact) mass is 216 g/mol. The molecule has 80 valence electrons. The molecule has 0 aliphatic heterocycles. The van der Waals surface area contributed by atoms with E-state index in [1.165, 1.54) is 12.3 Å². The van der Waals surface area contributed by atoms with Crippen molar-refractivity contribution in [2.45, 2.75) is 12.6 Å². The van der Waals surface area contributed by atoms with Gasteiger partial charge in [0.1, 0.15) is 6.07 Å². The summed E-state index contributed by atoms with van der Waals surface area (Å²) in [6.07, 6.45) is -3.90. The summed E-state index contributed by atoms with van der Waals surface area (Å²) in [6, 6.07) is 3.17. The van der Waals surface area contributed by atoms with Gasteiger partial charge in [0.05, 0.1) is 18.2 Å². The Kier molecular flexibility index (Phi) is 3.44. The quantitative estimate of drug-likeness (QED) is 0.835. The Morgan fingerprint density at radius 3 is 2.80 bits per heavy atom. The average molecular weight is 216 g/mol. The van der Waals surface area contributed by atoms with Crippen molar-refractivity contribution >= 4 is 5.82 Å². The van der Waals surface area contributed by atoms with E-state index in [0.717, 1.165) is 0 Å². The molecule has 0 saturated carbocycles. The van der Waals surface area contributed by atoms with Crippen LogP contribution in [0.4, 0.5) is 19.0 Å². The number of hydrogen-bond donors (Lipinski definition) is 1. The number of rotatable bonds is 3. The molecule has 1 aromatic rings. The topological polar surface area (TPSA) is 61.6 Å². The summed E-state index contributed by atoms with van der Waals surface area (Å²) in [7, 11) is 0. The van der Waals surface area contributed by atoms with Gasteiger partial charge in [-0.25, -0.2) is 0 Å². The summed E-state index contributed by atoms with van der Waals surface area (Å²) < 4.78 is 35.4. The first kappa shape index (κ1) is 11.2. The predicted octanol–water partition coefficient (Wildman–Crippen LogP) is 1.71. The van der Waals surface area contributed by atoms with E-state index < -0.39 is 12.6 Å². The molecule has 1 aromatic heterocycles. The van der Waals surface area contributed by atoms with Gasteiger partial charge in [0.2, 0.25) is 0 Å². The first-order valence-corrected chi connectivity index (χ1v) is 4.05. The lowest BCUT2D eigenvalue weighted by atomic mass is 10.3. The number of anilines is 1. The standard InChI is InChI=1S/C8H7F3N4/c9-8(10,11)2-4-13-7-6(5-12)1-3-14-15-7/h1,3H,2,4H2,(H,13,15). The van der Waals surface area contributed by atoms with E-state index in [2.05, 4.69) is 15.5 Å². The van der Waals surface area contributed by atoms with Crippen LogP contribution in [-0.4, -0.2) is 22.9 Å². The summed E-state index contributed by atoms with van der Waals surface area (Å²) in [4.78, 5) is 0. The fourth-order valence-corrected chi connectivity index (χ4v) is 0.875. The highest BCUT2D eigenvalue weighted by atomic mass is 19.4. The Bertz CT molecular complexity index is 369. The summed E-state index contributed by atoms with van der Waals surface area (Å²) in [5.41, 5.74) is 0.173. The molecule has 15 heavy (non-hydrogen) atoms. The Balaban J connectivity index is 2.55. The molecule has 0 fully saturated rings. The van der Waals surface area contributed by atoms with Gasteiger partial charge < -0.3 is 5.32 Å². The molecule has 7 heteroatoms. The average Bonchev–Trinajstić information content (AvgIpc) is 2.16. The van der Waals surface area contributed by atoms with Gasteiger partial charge in [-0.15, -0.1) is 5.10 Å². The zero-order valence-electron chi connectivity index (χ0n) is 7.54. The Hall–Kier alpha value is -1.84. The lowest BCUT2D eigenvalue weighted by Gasteiger charge is -2.08. The number of nitrogens with zero attached hydrogens (tertiary/aromatic N) is 3. The molecule has 4 nitrogen and oxygen atoms in total. The molecule has 0 unspecified atom stereocenters. The van der Waals surface area contributed by atoms with Crippen LogP contribution in [0.3, 0.4) is 0 Å². The SMILES string of the molecule is N#Cc1ccnnc1NCCC(F)(F)F. The Morgan fingerprint density at radius 1 is 1.47 bits per heavy atom. The van der Waals surface area contributed by atoms with Gasteiger partial charge in [-0.2, -0.15) is 23.5 Å². The third-order valence-electron chi connectivity index (χ3n) is 1.54. The van der Waals surface area contributed by atoms with Crippen LogP contribution in [-0.2, 0) is 0 Å². The summed E-state index contributed by atoms with van der Waals surface area (Å²) >= 11 is 0. The van der Waals surface area contributed by atoms with Crippen molar-refractivity contribution in [3.63, 3.8) is 0 Å². The maximum atomic E-state index is 11.8. The minimum Gasteiger partial charge on any atom is -0.367 e. The molecule has 0 aliphatic rings.